The van der Waals surface area contributed by atoms with E-state index in [1.807, 2.05) is 24.3 Å². The summed E-state index contributed by atoms with van der Waals surface area (Å²) in [4.78, 5) is 24.1. The summed E-state index contributed by atoms with van der Waals surface area (Å²) < 4.78 is 3.09. The number of imidazole rings is 1. The topological polar surface area (TPSA) is 68.1 Å². The SMILES string of the molecule is Cn1c(=O)n(CC(=O)NCC2CNC2)c2ccccc21. The number of rotatable bonds is 4. The Kier molecular flexibility index (Phi) is 3.31. The van der Waals surface area contributed by atoms with E-state index in [4.69, 9.17) is 0 Å². The maximum absolute atomic E-state index is 12.2. The van der Waals surface area contributed by atoms with Crippen molar-refractivity contribution in [3.63, 3.8) is 0 Å². The number of nitrogens with zero attached hydrogens (tertiary/aromatic N) is 2. The highest BCUT2D eigenvalue weighted by Gasteiger charge is 2.18. The number of nitrogens with one attached hydrogen (secondary N) is 2. The van der Waals surface area contributed by atoms with Crippen molar-refractivity contribution in [3.8, 4) is 0 Å². The molecule has 1 aliphatic rings. The molecular formula is C14H18N4O2. The fourth-order valence-corrected chi connectivity index (χ4v) is 2.47. The van der Waals surface area contributed by atoms with Crippen molar-refractivity contribution in [2.24, 2.45) is 13.0 Å². The van der Waals surface area contributed by atoms with Crippen molar-refractivity contribution in [2.45, 2.75) is 6.54 Å². The molecule has 0 bridgehead atoms. The summed E-state index contributed by atoms with van der Waals surface area (Å²) in [6.07, 6.45) is 0. The zero-order chi connectivity index (χ0) is 14.1. The molecule has 0 unspecified atom stereocenters. The fourth-order valence-electron chi connectivity index (χ4n) is 2.47. The molecule has 0 spiro atoms. The average molecular weight is 274 g/mol. The van der Waals surface area contributed by atoms with E-state index in [1.54, 1.807) is 11.6 Å². The fraction of sp³-hybridized carbons (Fsp3) is 0.429. The van der Waals surface area contributed by atoms with Crippen molar-refractivity contribution in [1.29, 1.82) is 0 Å². The highest BCUT2D eigenvalue weighted by atomic mass is 16.2. The van der Waals surface area contributed by atoms with Crippen LogP contribution in [-0.2, 0) is 18.4 Å². The lowest BCUT2D eigenvalue weighted by Gasteiger charge is -2.27. The molecule has 3 rings (SSSR count). The number of fused-ring (bicyclic) bond motifs is 1. The summed E-state index contributed by atoms with van der Waals surface area (Å²) in [5.74, 6) is 0.401. The van der Waals surface area contributed by atoms with Crippen LogP contribution in [0.3, 0.4) is 0 Å². The molecule has 0 radical (unpaired) electrons. The van der Waals surface area contributed by atoms with Gasteiger partial charge < -0.3 is 10.6 Å². The van der Waals surface area contributed by atoms with Crippen LogP contribution >= 0.6 is 0 Å². The van der Waals surface area contributed by atoms with E-state index >= 15 is 0 Å². The van der Waals surface area contributed by atoms with Gasteiger partial charge in [0.1, 0.15) is 6.54 Å². The van der Waals surface area contributed by atoms with E-state index in [-0.39, 0.29) is 18.1 Å². The second kappa shape index (κ2) is 5.13. The molecule has 1 amide bonds. The van der Waals surface area contributed by atoms with Crippen molar-refractivity contribution in [2.75, 3.05) is 19.6 Å². The van der Waals surface area contributed by atoms with Gasteiger partial charge in [0.05, 0.1) is 11.0 Å². The van der Waals surface area contributed by atoms with E-state index in [1.165, 1.54) is 4.57 Å². The van der Waals surface area contributed by atoms with E-state index in [9.17, 15) is 9.59 Å². The van der Waals surface area contributed by atoms with Crippen LogP contribution in [0.2, 0.25) is 0 Å². The highest BCUT2D eigenvalue weighted by Crippen LogP contribution is 2.11. The van der Waals surface area contributed by atoms with Crippen LogP contribution in [-0.4, -0.2) is 34.7 Å². The molecule has 106 valence electrons. The molecule has 1 aromatic heterocycles. The number of aromatic nitrogens is 2. The van der Waals surface area contributed by atoms with Crippen LogP contribution in [0.5, 0.6) is 0 Å². The second-order valence-electron chi connectivity index (χ2n) is 5.24. The number of benzene rings is 1. The Morgan fingerprint density at radius 3 is 2.70 bits per heavy atom. The van der Waals surface area contributed by atoms with Gasteiger partial charge in [-0.1, -0.05) is 12.1 Å². The predicted octanol–water partition coefficient (Wildman–Crippen LogP) is -0.324. The molecule has 20 heavy (non-hydrogen) atoms. The number of carbonyl (C=O) groups is 1. The summed E-state index contributed by atoms with van der Waals surface area (Å²) in [6, 6.07) is 7.50. The van der Waals surface area contributed by atoms with Crippen molar-refractivity contribution >= 4 is 16.9 Å². The second-order valence-corrected chi connectivity index (χ2v) is 5.24. The van der Waals surface area contributed by atoms with Gasteiger partial charge >= 0.3 is 5.69 Å². The van der Waals surface area contributed by atoms with Crippen LogP contribution < -0.4 is 16.3 Å². The molecule has 2 heterocycles. The minimum absolute atomic E-state index is 0.0698. The summed E-state index contributed by atoms with van der Waals surface area (Å²) in [5, 5.41) is 6.05. The molecule has 1 saturated heterocycles. The highest BCUT2D eigenvalue weighted by molar-refractivity contribution is 5.80. The van der Waals surface area contributed by atoms with Gasteiger partial charge in [-0.25, -0.2) is 4.79 Å². The van der Waals surface area contributed by atoms with E-state index < -0.39 is 0 Å². The first kappa shape index (κ1) is 12.9. The zero-order valence-corrected chi connectivity index (χ0v) is 11.4. The van der Waals surface area contributed by atoms with Gasteiger partial charge in [-0.15, -0.1) is 0 Å². The van der Waals surface area contributed by atoms with Gasteiger partial charge in [0, 0.05) is 32.6 Å². The van der Waals surface area contributed by atoms with Crippen LogP contribution in [0.1, 0.15) is 0 Å². The normalized spacial score (nSPS) is 15.2. The quantitative estimate of drug-likeness (QED) is 0.802. The predicted molar refractivity (Wildman–Crippen MR) is 76.5 cm³/mol. The Balaban J connectivity index is 1.78. The van der Waals surface area contributed by atoms with Gasteiger partial charge in [0.25, 0.3) is 0 Å². The smallest absolute Gasteiger partial charge is 0.329 e. The zero-order valence-electron chi connectivity index (χ0n) is 11.4. The molecule has 2 aromatic rings. The lowest BCUT2D eigenvalue weighted by molar-refractivity contribution is -0.121. The summed E-state index contributed by atoms with van der Waals surface area (Å²) >= 11 is 0. The van der Waals surface area contributed by atoms with Crippen molar-refractivity contribution in [1.82, 2.24) is 19.8 Å². The molecule has 6 heteroatoms. The van der Waals surface area contributed by atoms with Gasteiger partial charge in [0.15, 0.2) is 0 Å². The van der Waals surface area contributed by atoms with Crippen LogP contribution in [0.4, 0.5) is 0 Å². The Hall–Kier alpha value is -2.08. The first-order valence-corrected chi connectivity index (χ1v) is 6.78. The minimum atomic E-state index is -0.160. The van der Waals surface area contributed by atoms with Crippen LogP contribution in [0.15, 0.2) is 29.1 Å². The van der Waals surface area contributed by atoms with Crippen LogP contribution in [0, 0.1) is 5.92 Å². The number of para-hydroxylation sites is 2. The molecule has 1 aromatic carbocycles. The first-order valence-electron chi connectivity index (χ1n) is 6.78. The van der Waals surface area contributed by atoms with E-state index in [0.717, 1.165) is 24.1 Å². The lowest BCUT2D eigenvalue weighted by Crippen LogP contribution is -2.48. The van der Waals surface area contributed by atoms with Gasteiger partial charge in [-0.2, -0.15) is 0 Å². The van der Waals surface area contributed by atoms with E-state index in [2.05, 4.69) is 10.6 Å². The molecule has 1 fully saturated rings. The third kappa shape index (κ3) is 2.22. The Morgan fingerprint density at radius 1 is 1.35 bits per heavy atom. The lowest BCUT2D eigenvalue weighted by atomic mass is 10.0. The van der Waals surface area contributed by atoms with Crippen LogP contribution in [0.25, 0.3) is 11.0 Å². The molecule has 0 atom stereocenters. The average Bonchev–Trinajstić information content (AvgIpc) is 2.63. The monoisotopic (exact) mass is 274 g/mol. The van der Waals surface area contributed by atoms with E-state index in [0.29, 0.717) is 12.5 Å². The number of amides is 1. The summed E-state index contributed by atoms with van der Waals surface area (Å²) in [7, 11) is 1.72. The Bertz CT molecular complexity index is 697. The van der Waals surface area contributed by atoms with Gasteiger partial charge in [-0.05, 0) is 12.1 Å². The molecule has 6 nitrogen and oxygen atoms in total. The minimum Gasteiger partial charge on any atom is -0.354 e. The summed E-state index contributed by atoms with van der Waals surface area (Å²) in [5.41, 5.74) is 1.47. The Labute approximate surface area is 116 Å². The standard InChI is InChI=1S/C14H18N4O2/c1-17-11-4-2-3-5-12(11)18(14(17)20)9-13(19)16-8-10-6-15-7-10/h2-5,10,15H,6-9H2,1H3,(H,16,19). The largest absolute Gasteiger partial charge is 0.354 e. The maximum Gasteiger partial charge on any atom is 0.329 e. The summed E-state index contributed by atoms with van der Waals surface area (Å²) in [6.45, 7) is 2.65. The Morgan fingerprint density at radius 2 is 2.05 bits per heavy atom. The van der Waals surface area contributed by atoms with Gasteiger partial charge in [0.2, 0.25) is 5.91 Å². The number of aryl methyl sites for hydroxylation is 1. The number of hydrogen-bond acceptors (Lipinski definition) is 3. The third-order valence-corrected chi connectivity index (χ3v) is 3.81. The van der Waals surface area contributed by atoms with Gasteiger partial charge in [-0.3, -0.25) is 13.9 Å². The first-order chi connectivity index (χ1) is 9.66. The number of carbonyl (C=O) groups excluding carboxylic acids is 1. The molecule has 0 saturated carbocycles. The molecule has 0 aliphatic carbocycles. The van der Waals surface area contributed by atoms with Crippen molar-refractivity contribution < 1.29 is 4.79 Å². The third-order valence-electron chi connectivity index (χ3n) is 3.81. The number of hydrogen-bond donors (Lipinski definition) is 2. The van der Waals surface area contributed by atoms with Crippen molar-refractivity contribution in [3.05, 3.63) is 34.7 Å². The molecular weight excluding hydrogens is 256 g/mol. The molecule has 2 N–H and O–H groups in total. The molecule has 1 aliphatic heterocycles. The maximum atomic E-state index is 12.2.